The lowest BCUT2D eigenvalue weighted by atomic mass is 10.0. The Labute approximate surface area is 211 Å². The molecule has 1 fully saturated rings. The molecule has 0 heterocycles. The maximum atomic E-state index is 13.8. The molecule has 0 unspecified atom stereocenters. The van der Waals surface area contributed by atoms with Crippen molar-refractivity contribution in [2.75, 3.05) is 0 Å². The normalized spacial score (nSPS) is 14.2. The number of nitro benzene ring substituents is 1. The van der Waals surface area contributed by atoms with Gasteiger partial charge in [0.05, 0.1) is 11.3 Å². The van der Waals surface area contributed by atoms with Crippen molar-refractivity contribution in [2.45, 2.75) is 57.2 Å². The lowest BCUT2D eigenvalue weighted by Crippen LogP contribution is -2.52. The molecule has 0 aromatic heterocycles. The van der Waals surface area contributed by atoms with Crippen LogP contribution in [0, 0.1) is 10.1 Å². The van der Waals surface area contributed by atoms with Crippen LogP contribution in [0.4, 0.5) is 5.69 Å². The molecule has 1 atom stereocenters. The van der Waals surface area contributed by atoms with Crippen molar-refractivity contribution < 1.29 is 14.5 Å². The first-order valence-corrected chi connectivity index (χ1v) is 12.4. The summed E-state index contributed by atoms with van der Waals surface area (Å²) in [6.07, 6.45) is 4.23. The first-order valence-electron chi connectivity index (χ1n) is 12.4. The van der Waals surface area contributed by atoms with Crippen molar-refractivity contribution in [3.63, 3.8) is 0 Å². The summed E-state index contributed by atoms with van der Waals surface area (Å²) in [7, 11) is 0. The minimum Gasteiger partial charge on any atom is -0.352 e. The van der Waals surface area contributed by atoms with Crippen molar-refractivity contribution in [1.82, 2.24) is 10.2 Å². The van der Waals surface area contributed by atoms with Crippen LogP contribution in [0.3, 0.4) is 0 Å². The molecule has 0 aliphatic heterocycles. The van der Waals surface area contributed by atoms with E-state index in [1.807, 2.05) is 60.7 Å². The molecule has 7 heteroatoms. The van der Waals surface area contributed by atoms with Gasteiger partial charge in [0.1, 0.15) is 6.04 Å². The van der Waals surface area contributed by atoms with Gasteiger partial charge in [-0.05, 0) is 24.0 Å². The highest BCUT2D eigenvalue weighted by molar-refractivity contribution is 5.89. The van der Waals surface area contributed by atoms with E-state index in [2.05, 4.69) is 5.32 Å². The number of nitrogens with zero attached hydrogens (tertiary/aromatic N) is 2. The van der Waals surface area contributed by atoms with Crippen LogP contribution in [0.2, 0.25) is 0 Å². The van der Waals surface area contributed by atoms with E-state index < -0.39 is 11.0 Å². The van der Waals surface area contributed by atoms with Crippen LogP contribution in [-0.4, -0.2) is 33.7 Å². The minimum atomic E-state index is -0.747. The second kappa shape index (κ2) is 12.1. The molecule has 186 valence electrons. The molecule has 2 amide bonds. The summed E-state index contributed by atoms with van der Waals surface area (Å²) in [5, 5.41) is 14.7. The van der Waals surface area contributed by atoms with Gasteiger partial charge < -0.3 is 10.2 Å². The second-order valence-corrected chi connectivity index (χ2v) is 9.27. The molecule has 0 bridgehead atoms. The van der Waals surface area contributed by atoms with Gasteiger partial charge in [-0.15, -0.1) is 0 Å². The van der Waals surface area contributed by atoms with Crippen molar-refractivity contribution in [3.8, 4) is 0 Å². The Balaban J connectivity index is 1.67. The Kier molecular flexibility index (Phi) is 8.44. The third kappa shape index (κ3) is 6.56. The molecule has 0 saturated heterocycles. The average Bonchev–Trinajstić information content (AvgIpc) is 3.40. The van der Waals surface area contributed by atoms with Crippen LogP contribution >= 0.6 is 0 Å². The fraction of sp³-hybridized carbons (Fsp3) is 0.310. The van der Waals surface area contributed by atoms with E-state index >= 15 is 0 Å². The summed E-state index contributed by atoms with van der Waals surface area (Å²) >= 11 is 0. The van der Waals surface area contributed by atoms with Crippen LogP contribution < -0.4 is 5.32 Å². The number of hydrogen-bond acceptors (Lipinski definition) is 4. The SMILES string of the molecule is O=C(NC1CCCC1)[C@@H](Cc1ccccc1)N(Cc1ccccc1)C(=O)Cc1ccccc1[N+](=O)[O-]. The Hall–Kier alpha value is -4.00. The van der Waals surface area contributed by atoms with Gasteiger partial charge in [0, 0.05) is 30.6 Å². The van der Waals surface area contributed by atoms with Crippen molar-refractivity contribution in [2.24, 2.45) is 0 Å². The average molecular weight is 486 g/mol. The largest absolute Gasteiger partial charge is 0.352 e. The lowest BCUT2D eigenvalue weighted by molar-refractivity contribution is -0.385. The van der Waals surface area contributed by atoms with E-state index in [-0.39, 0.29) is 36.5 Å². The number of para-hydroxylation sites is 1. The summed E-state index contributed by atoms with van der Waals surface area (Å²) in [5.41, 5.74) is 2.07. The van der Waals surface area contributed by atoms with Gasteiger partial charge in [-0.1, -0.05) is 91.7 Å². The maximum Gasteiger partial charge on any atom is 0.273 e. The zero-order valence-electron chi connectivity index (χ0n) is 20.2. The first kappa shape index (κ1) is 25.1. The highest BCUT2D eigenvalue weighted by Gasteiger charge is 2.33. The quantitative estimate of drug-likeness (QED) is 0.329. The number of hydrogen-bond donors (Lipinski definition) is 1. The molecule has 1 saturated carbocycles. The van der Waals surface area contributed by atoms with Gasteiger partial charge >= 0.3 is 0 Å². The van der Waals surface area contributed by atoms with Crippen molar-refractivity contribution >= 4 is 17.5 Å². The molecule has 3 aromatic carbocycles. The molecule has 3 aromatic rings. The summed E-state index contributed by atoms with van der Waals surface area (Å²) in [6, 6.07) is 24.8. The Morgan fingerprint density at radius 2 is 1.47 bits per heavy atom. The number of amides is 2. The van der Waals surface area contributed by atoms with Crippen LogP contribution in [0.15, 0.2) is 84.9 Å². The molecule has 7 nitrogen and oxygen atoms in total. The monoisotopic (exact) mass is 485 g/mol. The fourth-order valence-electron chi connectivity index (χ4n) is 4.80. The number of nitrogens with one attached hydrogen (secondary N) is 1. The Bertz CT molecular complexity index is 1180. The van der Waals surface area contributed by atoms with E-state index in [4.69, 9.17) is 0 Å². The number of rotatable bonds is 10. The molecule has 0 spiro atoms. The Morgan fingerprint density at radius 1 is 0.889 bits per heavy atom. The highest BCUT2D eigenvalue weighted by atomic mass is 16.6. The number of nitro groups is 1. The lowest BCUT2D eigenvalue weighted by Gasteiger charge is -2.32. The predicted octanol–water partition coefficient (Wildman–Crippen LogP) is 4.84. The van der Waals surface area contributed by atoms with Crippen LogP contribution in [0.5, 0.6) is 0 Å². The summed E-state index contributed by atoms with van der Waals surface area (Å²) in [4.78, 5) is 40.1. The molecule has 0 radical (unpaired) electrons. The van der Waals surface area contributed by atoms with Gasteiger partial charge in [-0.25, -0.2) is 0 Å². The van der Waals surface area contributed by atoms with Crippen LogP contribution in [-0.2, 0) is 29.0 Å². The van der Waals surface area contributed by atoms with E-state index in [1.165, 1.54) is 6.07 Å². The van der Waals surface area contributed by atoms with Crippen molar-refractivity contribution in [1.29, 1.82) is 0 Å². The van der Waals surface area contributed by atoms with E-state index in [0.717, 1.165) is 36.8 Å². The third-order valence-electron chi connectivity index (χ3n) is 6.70. The van der Waals surface area contributed by atoms with Gasteiger partial charge in [0.15, 0.2) is 0 Å². The standard InChI is InChI=1S/C29H31N3O4/c33-28(20-24-15-7-10-18-26(24)32(35)36)31(21-23-13-5-2-6-14-23)27(19-22-11-3-1-4-12-22)29(34)30-25-16-8-9-17-25/h1-7,10-15,18,25,27H,8-9,16-17,19-21H2,(H,30,34)/t27-/m1/s1. The van der Waals surface area contributed by atoms with E-state index in [1.54, 1.807) is 23.1 Å². The second-order valence-electron chi connectivity index (χ2n) is 9.27. The number of benzene rings is 3. The Morgan fingerprint density at radius 3 is 2.11 bits per heavy atom. The number of carbonyl (C=O) groups is 2. The molecular formula is C29H31N3O4. The predicted molar refractivity (Wildman–Crippen MR) is 138 cm³/mol. The first-order chi connectivity index (χ1) is 17.5. The van der Waals surface area contributed by atoms with Crippen molar-refractivity contribution in [3.05, 3.63) is 112 Å². The maximum absolute atomic E-state index is 13.8. The smallest absolute Gasteiger partial charge is 0.273 e. The summed E-state index contributed by atoms with van der Waals surface area (Å²) in [6.45, 7) is 0.232. The van der Waals surface area contributed by atoms with Gasteiger partial charge in [0.25, 0.3) is 5.69 Å². The zero-order chi connectivity index (χ0) is 25.3. The topological polar surface area (TPSA) is 92.6 Å². The van der Waals surface area contributed by atoms with Crippen LogP contribution in [0.25, 0.3) is 0 Å². The molecule has 1 aliphatic carbocycles. The minimum absolute atomic E-state index is 0.0967. The molecular weight excluding hydrogens is 454 g/mol. The van der Waals surface area contributed by atoms with E-state index in [0.29, 0.717) is 12.0 Å². The molecule has 36 heavy (non-hydrogen) atoms. The van der Waals surface area contributed by atoms with Gasteiger partial charge in [-0.3, -0.25) is 19.7 Å². The highest BCUT2D eigenvalue weighted by Crippen LogP contribution is 2.23. The summed E-state index contributed by atoms with van der Waals surface area (Å²) < 4.78 is 0. The van der Waals surface area contributed by atoms with Gasteiger partial charge in [0.2, 0.25) is 11.8 Å². The number of carbonyl (C=O) groups excluding carboxylic acids is 2. The fourth-order valence-corrected chi connectivity index (χ4v) is 4.80. The van der Waals surface area contributed by atoms with E-state index in [9.17, 15) is 19.7 Å². The van der Waals surface area contributed by atoms with Gasteiger partial charge in [-0.2, -0.15) is 0 Å². The molecule has 1 aliphatic rings. The summed E-state index contributed by atoms with van der Waals surface area (Å²) in [5.74, 6) is -0.506. The molecule has 4 rings (SSSR count). The van der Waals surface area contributed by atoms with Crippen LogP contribution in [0.1, 0.15) is 42.4 Å². The molecule has 1 N–H and O–H groups in total. The third-order valence-corrected chi connectivity index (χ3v) is 6.70. The zero-order valence-corrected chi connectivity index (χ0v) is 20.2.